The third-order valence-electron chi connectivity index (χ3n) is 3.25. The normalized spacial score (nSPS) is 10.9. The van der Waals surface area contributed by atoms with E-state index >= 15 is 0 Å². The van der Waals surface area contributed by atoms with Crippen molar-refractivity contribution in [2.75, 3.05) is 18.5 Å². The van der Waals surface area contributed by atoms with Crippen LogP contribution in [0.5, 0.6) is 11.5 Å². The lowest BCUT2D eigenvalue weighted by molar-refractivity contribution is -0.112. The van der Waals surface area contributed by atoms with Crippen LogP contribution < -0.4 is 14.8 Å². The van der Waals surface area contributed by atoms with Gasteiger partial charge >= 0.3 is 0 Å². The molecule has 0 saturated carbocycles. The van der Waals surface area contributed by atoms with Gasteiger partial charge in [-0.2, -0.15) is 5.26 Å². The van der Waals surface area contributed by atoms with Crippen LogP contribution in [0.1, 0.15) is 31.3 Å². The molecule has 0 aliphatic heterocycles. The fourth-order valence-electron chi connectivity index (χ4n) is 2.09. The Balaban J connectivity index is 2.26. The first-order valence-electron chi connectivity index (χ1n) is 8.26. The molecule has 7 nitrogen and oxygen atoms in total. The molecule has 1 amide bonds. The molecule has 26 heavy (non-hydrogen) atoms. The lowest BCUT2D eigenvalue weighted by Crippen LogP contribution is -2.13. The minimum absolute atomic E-state index is 0.0524. The number of amides is 1. The van der Waals surface area contributed by atoms with Crippen LogP contribution in [0.4, 0.5) is 5.13 Å². The number of carbonyl (C=O) groups is 1. The van der Waals surface area contributed by atoms with Crippen LogP contribution in [0.25, 0.3) is 6.08 Å². The van der Waals surface area contributed by atoms with E-state index in [4.69, 9.17) is 9.47 Å². The Bertz CT molecular complexity index is 839. The van der Waals surface area contributed by atoms with E-state index in [-0.39, 0.29) is 5.57 Å². The maximum Gasteiger partial charge on any atom is 0.268 e. The Morgan fingerprint density at radius 2 is 2.04 bits per heavy atom. The number of hydrogen-bond donors (Lipinski definition) is 1. The third-order valence-corrected chi connectivity index (χ3v) is 4.23. The molecule has 1 aromatic heterocycles. The number of aromatic nitrogens is 2. The van der Waals surface area contributed by atoms with Gasteiger partial charge < -0.3 is 9.47 Å². The van der Waals surface area contributed by atoms with Crippen LogP contribution in [0.3, 0.4) is 0 Å². The zero-order chi connectivity index (χ0) is 18.9. The van der Waals surface area contributed by atoms with E-state index in [0.29, 0.717) is 35.4 Å². The Morgan fingerprint density at radius 3 is 2.65 bits per heavy atom. The standard InChI is InChI=1S/C18H20N4O3S/c1-4-16-21-22-18(26-16)20-17(23)13(11-19)9-12-7-8-14(24-5-2)10-15(12)25-6-3/h7-10H,4-6H2,1-3H3,(H,20,22,23)/b13-9+. The average Bonchev–Trinajstić information content (AvgIpc) is 3.09. The summed E-state index contributed by atoms with van der Waals surface area (Å²) in [6.07, 6.45) is 2.22. The lowest BCUT2D eigenvalue weighted by Gasteiger charge is -2.10. The molecule has 0 fully saturated rings. The van der Waals surface area contributed by atoms with E-state index in [1.54, 1.807) is 18.2 Å². The Morgan fingerprint density at radius 1 is 1.27 bits per heavy atom. The minimum Gasteiger partial charge on any atom is -0.494 e. The van der Waals surface area contributed by atoms with Gasteiger partial charge in [0.15, 0.2) is 0 Å². The highest BCUT2D eigenvalue weighted by Gasteiger charge is 2.14. The minimum atomic E-state index is -0.539. The topological polar surface area (TPSA) is 97.1 Å². The summed E-state index contributed by atoms with van der Waals surface area (Å²) in [6.45, 7) is 6.69. The first-order chi connectivity index (χ1) is 12.6. The highest BCUT2D eigenvalue weighted by atomic mass is 32.1. The van der Waals surface area contributed by atoms with Gasteiger partial charge in [-0.3, -0.25) is 10.1 Å². The van der Waals surface area contributed by atoms with Crippen molar-refractivity contribution in [1.82, 2.24) is 10.2 Å². The van der Waals surface area contributed by atoms with Crippen molar-refractivity contribution in [3.8, 4) is 17.6 Å². The van der Waals surface area contributed by atoms with Crippen LogP contribution >= 0.6 is 11.3 Å². The van der Waals surface area contributed by atoms with E-state index in [9.17, 15) is 10.1 Å². The Hall–Kier alpha value is -2.92. The van der Waals surface area contributed by atoms with Crippen LogP contribution in [0.2, 0.25) is 0 Å². The van der Waals surface area contributed by atoms with Gasteiger partial charge in [0.2, 0.25) is 5.13 Å². The second-order valence-electron chi connectivity index (χ2n) is 5.04. The molecule has 2 rings (SSSR count). The highest BCUT2D eigenvalue weighted by molar-refractivity contribution is 7.15. The highest BCUT2D eigenvalue weighted by Crippen LogP contribution is 2.27. The smallest absolute Gasteiger partial charge is 0.268 e. The maximum atomic E-state index is 12.4. The molecule has 0 radical (unpaired) electrons. The number of carbonyl (C=O) groups excluding carboxylic acids is 1. The summed E-state index contributed by atoms with van der Waals surface area (Å²) < 4.78 is 11.1. The number of nitrogens with one attached hydrogen (secondary N) is 1. The van der Waals surface area contributed by atoms with Gasteiger partial charge in [-0.1, -0.05) is 18.3 Å². The van der Waals surface area contributed by atoms with Crippen LogP contribution in [0.15, 0.2) is 23.8 Å². The van der Waals surface area contributed by atoms with Crippen LogP contribution in [-0.2, 0) is 11.2 Å². The molecule has 0 saturated heterocycles. The van der Waals surface area contributed by atoms with E-state index in [0.717, 1.165) is 11.4 Å². The number of rotatable bonds is 8. The van der Waals surface area contributed by atoms with Crippen LogP contribution in [0, 0.1) is 11.3 Å². The fourth-order valence-corrected chi connectivity index (χ4v) is 2.76. The summed E-state index contributed by atoms with van der Waals surface area (Å²) in [5.74, 6) is 0.669. The zero-order valence-electron chi connectivity index (χ0n) is 14.9. The summed E-state index contributed by atoms with van der Waals surface area (Å²) in [5.41, 5.74) is 0.567. The number of nitriles is 1. The molecule has 1 N–H and O–H groups in total. The zero-order valence-corrected chi connectivity index (χ0v) is 15.7. The summed E-state index contributed by atoms with van der Waals surface area (Å²) in [4.78, 5) is 12.4. The van der Waals surface area contributed by atoms with Gasteiger partial charge in [0.25, 0.3) is 5.91 Å². The van der Waals surface area contributed by atoms with Crippen molar-refractivity contribution in [2.45, 2.75) is 27.2 Å². The molecule has 1 heterocycles. The number of hydrogen-bond acceptors (Lipinski definition) is 7. The van der Waals surface area contributed by atoms with E-state index in [1.807, 2.05) is 26.8 Å². The second-order valence-corrected chi connectivity index (χ2v) is 6.11. The molecule has 0 atom stereocenters. The lowest BCUT2D eigenvalue weighted by atomic mass is 10.1. The molecule has 0 aliphatic rings. The van der Waals surface area contributed by atoms with Gasteiger partial charge in [0, 0.05) is 11.6 Å². The predicted molar refractivity (Wildman–Crippen MR) is 100 cm³/mol. The second kappa shape index (κ2) is 9.53. The van der Waals surface area contributed by atoms with E-state index in [2.05, 4.69) is 15.5 Å². The van der Waals surface area contributed by atoms with Crippen LogP contribution in [-0.4, -0.2) is 29.3 Å². The van der Waals surface area contributed by atoms with Gasteiger partial charge in [-0.05, 0) is 38.5 Å². The van der Waals surface area contributed by atoms with Crippen molar-refractivity contribution in [1.29, 1.82) is 5.26 Å². The van der Waals surface area contributed by atoms with Gasteiger partial charge in [-0.15, -0.1) is 10.2 Å². The average molecular weight is 372 g/mol. The molecule has 2 aromatic rings. The molecule has 8 heteroatoms. The maximum absolute atomic E-state index is 12.4. The predicted octanol–water partition coefficient (Wildman–Crippen LogP) is 3.44. The number of ether oxygens (including phenoxy) is 2. The summed E-state index contributed by atoms with van der Waals surface area (Å²) in [6, 6.07) is 7.18. The van der Waals surface area contributed by atoms with E-state index in [1.165, 1.54) is 17.4 Å². The molecule has 0 spiro atoms. The van der Waals surface area contributed by atoms with Gasteiger partial charge in [-0.25, -0.2) is 0 Å². The number of benzene rings is 1. The van der Waals surface area contributed by atoms with Crippen molar-refractivity contribution < 1.29 is 14.3 Å². The number of aryl methyl sites for hydroxylation is 1. The Labute approximate surface area is 156 Å². The van der Waals surface area contributed by atoms with Gasteiger partial charge in [0.05, 0.1) is 13.2 Å². The molecule has 1 aromatic carbocycles. The van der Waals surface area contributed by atoms with Crippen molar-refractivity contribution >= 4 is 28.5 Å². The van der Waals surface area contributed by atoms with Crippen molar-refractivity contribution in [3.05, 3.63) is 34.3 Å². The summed E-state index contributed by atoms with van der Waals surface area (Å²) in [7, 11) is 0. The van der Waals surface area contributed by atoms with Crippen molar-refractivity contribution in [2.24, 2.45) is 0 Å². The SMILES string of the molecule is CCOc1ccc(/C=C(\C#N)C(=O)Nc2nnc(CC)s2)c(OCC)c1. The molecule has 0 bridgehead atoms. The fraction of sp³-hybridized carbons (Fsp3) is 0.333. The Kier molecular flexibility index (Phi) is 7.12. The monoisotopic (exact) mass is 372 g/mol. The van der Waals surface area contributed by atoms with Crippen molar-refractivity contribution in [3.63, 3.8) is 0 Å². The summed E-state index contributed by atoms with van der Waals surface area (Å²) in [5, 5.41) is 21.0. The molecule has 0 aliphatic carbocycles. The first-order valence-corrected chi connectivity index (χ1v) is 9.08. The number of nitrogens with zero attached hydrogens (tertiary/aromatic N) is 3. The van der Waals surface area contributed by atoms with Gasteiger partial charge in [0.1, 0.15) is 28.1 Å². The van der Waals surface area contributed by atoms with E-state index < -0.39 is 5.91 Å². The molecule has 136 valence electrons. The number of anilines is 1. The largest absolute Gasteiger partial charge is 0.494 e. The molecular weight excluding hydrogens is 352 g/mol. The molecule has 0 unspecified atom stereocenters. The quantitative estimate of drug-likeness (QED) is 0.563. The first kappa shape index (κ1) is 19.4. The molecular formula is C18H20N4O3S. The third kappa shape index (κ3) is 5.04. The summed E-state index contributed by atoms with van der Waals surface area (Å²) >= 11 is 1.28.